The minimum atomic E-state index is -0.411. The summed E-state index contributed by atoms with van der Waals surface area (Å²) in [5.41, 5.74) is 1.23. The van der Waals surface area contributed by atoms with Gasteiger partial charge in [0.15, 0.2) is 5.78 Å². The minimum absolute atomic E-state index is 0.0550. The van der Waals surface area contributed by atoms with Gasteiger partial charge in [0.05, 0.1) is 12.9 Å². The first kappa shape index (κ1) is 13.1. The van der Waals surface area contributed by atoms with Crippen LogP contribution >= 0.6 is 0 Å². The number of ether oxygens (including phenoxy) is 2. The SMILES string of the molecule is CC(=O)O/C=C\C1=C(C(=O)c2ccccc2)CCO1. The lowest BCUT2D eigenvalue weighted by molar-refractivity contribution is -0.135. The Balaban J connectivity index is 2.19. The third kappa shape index (κ3) is 3.31. The highest BCUT2D eigenvalue weighted by Crippen LogP contribution is 2.24. The largest absolute Gasteiger partial charge is 0.493 e. The third-order valence-corrected chi connectivity index (χ3v) is 2.67. The van der Waals surface area contributed by atoms with E-state index >= 15 is 0 Å². The van der Waals surface area contributed by atoms with Gasteiger partial charge in [-0.25, -0.2) is 0 Å². The second kappa shape index (κ2) is 6.00. The van der Waals surface area contributed by atoms with Crippen molar-refractivity contribution in [2.75, 3.05) is 6.61 Å². The molecule has 0 fully saturated rings. The molecule has 1 heterocycles. The van der Waals surface area contributed by atoms with E-state index in [9.17, 15) is 9.59 Å². The third-order valence-electron chi connectivity index (χ3n) is 2.67. The first-order valence-electron chi connectivity index (χ1n) is 5.98. The van der Waals surface area contributed by atoms with Crippen molar-refractivity contribution >= 4 is 11.8 Å². The number of ketones is 1. The van der Waals surface area contributed by atoms with Crippen LogP contribution in [0.1, 0.15) is 23.7 Å². The second-order valence-corrected chi connectivity index (χ2v) is 4.05. The first-order chi connectivity index (χ1) is 9.18. The molecule has 0 aromatic heterocycles. The average molecular weight is 258 g/mol. The van der Waals surface area contributed by atoms with E-state index in [1.807, 2.05) is 18.2 Å². The summed E-state index contributed by atoms with van der Waals surface area (Å²) in [4.78, 5) is 22.9. The fourth-order valence-corrected chi connectivity index (χ4v) is 1.80. The molecule has 4 nitrogen and oxygen atoms in total. The Morgan fingerprint density at radius 1 is 1.26 bits per heavy atom. The molecule has 0 saturated carbocycles. The number of benzene rings is 1. The maximum atomic E-state index is 12.3. The molecule has 1 aliphatic rings. The molecule has 0 atom stereocenters. The van der Waals surface area contributed by atoms with Gasteiger partial charge < -0.3 is 9.47 Å². The van der Waals surface area contributed by atoms with Crippen molar-refractivity contribution in [3.63, 3.8) is 0 Å². The van der Waals surface area contributed by atoms with E-state index in [-0.39, 0.29) is 5.78 Å². The van der Waals surface area contributed by atoms with Crippen LogP contribution in [-0.2, 0) is 14.3 Å². The van der Waals surface area contributed by atoms with E-state index in [1.54, 1.807) is 12.1 Å². The number of carbonyl (C=O) groups excluding carboxylic acids is 2. The zero-order valence-electron chi connectivity index (χ0n) is 10.6. The van der Waals surface area contributed by atoms with Crippen molar-refractivity contribution in [3.8, 4) is 0 Å². The Hall–Kier alpha value is -2.36. The van der Waals surface area contributed by atoms with Crippen LogP contribution in [0.25, 0.3) is 0 Å². The van der Waals surface area contributed by atoms with Crippen molar-refractivity contribution in [1.82, 2.24) is 0 Å². The van der Waals surface area contributed by atoms with Crippen LogP contribution in [0, 0.1) is 0 Å². The maximum Gasteiger partial charge on any atom is 0.307 e. The maximum absolute atomic E-state index is 12.3. The van der Waals surface area contributed by atoms with Gasteiger partial charge in [-0.05, 0) is 0 Å². The zero-order chi connectivity index (χ0) is 13.7. The van der Waals surface area contributed by atoms with Gasteiger partial charge in [-0.2, -0.15) is 0 Å². The Labute approximate surface area is 111 Å². The summed E-state index contributed by atoms with van der Waals surface area (Å²) in [7, 11) is 0. The normalized spacial score (nSPS) is 14.6. The number of rotatable bonds is 4. The molecule has 0 spiro atoms. The lowest BCUT2D eigenvalue weighted by Crippen LogP contribution is -2.03. The van der Waals surface area contributed by atoms with Gasteiger partial charge in [-0.15, -0.1) is 0 Å². The average Bonchev–Trinajstić information content (AvgIpc) is 2.87. The zero-order valence-corrected chi connectivity index (χ0v) is 10.6. The number of allylic oxidation sites excluding steroid dienone is 1. The predicted molar refractivity (Wildman–Crippen MR) is 69.3 cm³/mol. The molecule has 19 heavy (non-hydrogen) atoms. The Kier molecular flexibility index (Phi) is 4.13. The molecule has 4 heteroatoms. The van der Waals surface area contributed by atoms with Gasteiger partial charge in [-0.1, -0.05) is 30.3 Å². The van der Waals surface area contributed by atoms with Crippen molar-refractivity contribution < 1.29 is 19.1 Å². The second-order valence-electron chi connectivity index (χ2n) is 4.05. The van der Waals surface area contributed by atoms with E-state index in [0.717, 1.165) is 0 Å². The van der Waals surface area contributed by atoms with Gasteiger partial charge in [0, 0.05) is 30.6 Å². The highest BCUT2D eigenvalue weighted by atomic mass is 16.5. The van der Waals surface area contributed by atoms with E-state index in [4.69, 9.17) is 9.47 Å². The Morgan fingerprint density at radius 3 is 2.68 bits per heavy atom. The summed E-state index contributed by atoms with van der Waals surface area (Å²) >= 11 is 0. The fraction of sp³-hybridized carbons (Fsp3) is 0.200. The summed E-state index contributed by atoms with van der Waals surface area (Å²) < 4.78 is 10.1. The summed E-state index contributed by atoms with van der Waals surface area (Å²) in [6, 6.07) is 9.02. The van der Waals surface area contributed by atoms with Crippen LogP contribution < -0.4 is 0 Å². The van der Waals surface area contributed by atoms with Crippen molar-refractivity contribution in [3.05, 3.63) is 59.6 Å². The number of hydrogen-bond acceptors (Lipinski definition) is 4. The van der Waals surface area contributed by atoms with Gasteiger partial charge >= 0.3 is 5.97 Å². The Bertz CT molecular complexity index is 541. The molecule has 1 aliphatic heterocycles. The molecule has 0 aliphatic carbocycles. The molecule has 0 radical (unpaired) electrons. The van der Waals surface area contributed by atoms with Crippen LogP contribution in [-0.4, -0.2) is 18.4 Å². The minimum Gasteiger partial charge on any atom is -0.493 e. The lowest BCUT2D eigenvalue weighted by atomic mass is 10.0. The van der Waals surface area contributed by atoms with E-state index in [1.165, 1.54) is 19.3 Å². The summed E-state index contributed by atoms with van der Waals surface area (Å²) in [5, 5.41) is 0. The van der Waals surface area contributed by atoms with Gasteiger partial charge in [-0.3, -0.25) is 9.59 Å². The van der Waals surface area contributed by atoms with E-state index < -0.39 is 5.97 Å². The molecule has 0 amide bonds. The molecule has 1 aromatic rings. The van der Waals surface area contributed by atoms with Gasteiger partial charge in [0.1, 0.15) is 5.76 Å². The first-order valence-corrected chi connectivity index (χ1v) is 5.98. The molecule has 98 valence electrons. The summed E-state index contributed by atoms with van der Waals surface area (Å²) in [5.74, 6) is 0.00135. The standard InChI is InChI=1S/C15H14O4/c1-11(16)18-10-8-14-13(7-9-19-14)15(17)12-5-3-2-4-6-12/h2-6,8,10H,7,9H2,1H3/b10-8-. The lowest BCUT2D eigenvalue weighted by Gasteiger charge is -2.02. The van der Waals surface area contributed by atoms with Crippen molar-refractivity contribution in [2.45, 2.75) is 13.3 Å². The molecule has 0 bridgehead atoms. The number of carbonyl (C=O) groups is 2. The van der Waals surface area contributed by atoms with E-state index in [0.29, 0.717) is 29.9 Å². The number of hydrogen-bond donors (Lipinski definition) is 0. The van der Waals surface area contributed by atoms with Crippen LogP contribution in [0.2, 0.25) is 0 Å². The molecule has 1 aromatic carbocycles. The number of Topliss-reactive ketones (excluding diaryl/α,β-unsaturated/α-hetero) is 1. The number of esters is 1. The highest BCUT2D eigenvalue weighted by Gasteiger charge is 2.21. The van der Waals surface area contributed by atoms with Crippen molar-refractivity contribution in [1.29, 1.82) is 0 Å². The van der Waals surface area contributed by atoms with Crippen LogP contribution in [0.15, 0.2) is 54.0 Å². The predicted octanol–water partition coefficient (Wildman–Crippen LogP) is 2.62. The van der Waals surface area contributed by atoms with Crippen LogP contribution in [0.3, 0.4) is 0 Å². The molecule has 0 saturated heterocycles. The summed E-state index contributed by atoms with van der Waals surface area (Å²) in [6.07, 6.45) is 3.30. The molecule has 0 unspecified atom stereocenters. The fourth-order valence-electron chi connectivity index (χ4n) is 1.80. The highest BCUT2D eigenvalue weighted by molar-refractivity contribution is 6.09. The van der Waals surface area contributed by atoms with E-state index in [2.05, 4.69) is 0 Å². The topological polar surface area (TPSA) is 52.6 Å². The van der Waals surface area contributed by atoms with Crippen molar-refractivity contribution in [2.24, 2.45) is 0 Å². The molecule has 0 N–H and O–H groups in total. The summed E-state index contributed by atoms with van der Waals surface area (Å²) in [6.45, 7) is 1.78. The van der Waals surface area contributed by atoms with Crippen LogP contribution in [0.5, 0.6) is 0 Å². The van der Waals surface area contributed by atoms with Gasteiger partial charge in [0.2, 0.25) is 0 Å². The molecular formula is C15H14O4. The smallest absolute Gasteiger partial charge is 0.307 e. The monoisotopic (exact) mass is 258 g/mol. The Morgan fingerprint density at radius 2 is 2.00 bits per heavy atom. The quantitative estimate of drug-likeness (QED) is 0.473. The van der Waals surface area contributed by atoms with Crippen LogP contribution in [0.4, 0.5) is 0 Å². The molecular weight excluding hydrogens is 244 g/mol. The van der Waals surface area contributed by atoms with Gasteiger partial charge in [0.25, 0.3) is 0 Å². The molecule has 2 rings (SSSR count).